The van der Waals surface area contributed by atoms with Crippen molar-refractivity contribution < 1.29 is 0 Å². The average molecular weight is 266 g/mol. The molecule has 0 atom stereocenters. The summed E-state index contributed by atoms with van der Waals surface area (Å²) in [5.74, 6) is 0.801. The topological polar surface area (TPSA) is 88.5 Å². The van der Waals surface area contributed by atoms with Gasteiger partial charge in [-0.1, -0.05) is 0 Å². The molecule has 18 heavy (non-hydrogen) atoms. The molecule has 2 rings (SSSR count). The van der Waals surface area contributed by atoms with Gasteiger partial charge in [0.2, 0.25) is 0 Å². The number of hydrogen-bond acceptors (Lipinski definition) is 6. The number of rotatable bonds is 4. The van der Waals surface area contributed by atoms with Gasteiger partial charge in [-0.05, 0) is 25.6 Å². The van der Waals surface area contributed by atoms with Crippen LogP contribution in [0.1, 0.15) is 12.5 Å². The number of hydrogen-bond donors (Lipinski definition) is 2. The molecular weight excluding hydrogens is 252 g/mol. The lowest BCUT2D eigenvalue weighted by Gasteiger charge is -2.08. The van der Waals surface area contributed by atoms with Crippen LogP contribution in [-0.2, 0) is 7.05 Å². The van der Waals surface area contributed by atoms with E-state index in [0.717, 1.165) is 23.0 Å². The summed E-state index contributed by atoms with van der Waals surface area (Å²) in [6.07, 6.45) is 1.50. The van der Waals surface area contributed by atoms with E-state index in [0.29, 0.717) is 5.16 Å². The molecule has 7 nitrogen and oxygen atoms in total. The van der Waals surface area contributed by atoms with Crippen molar-refractivity contribution in [3.8, 4) is 0 Å². The minimum absolute atomic E-state index is 0.240. The molecule has 2 N–H and O–H groups in total. The third-order valence-corrected chi connectivity index (χ3v) is 3.56. The Hall–Kier alpha value is -1.83. The minimum atomic E-state index is -0.240. The second-order valence-corrected chi connectivity index (χ2v) is 4.61. The first-order valence-electron chi connectivity index (χ1n) is 5.48. The van der Waals surface area contributed by atoms with E-state index in [1.54, 1.807) is 7.05 Å². The van der Waals surface area contributed by atoms with Gasteiger partial charge in [-0.2, -0.15) is 0 Å². The third kappa shape index (κ3) is 2.37. The Labute approximate surface area is 108 Å². The van der Waals surface area contributed by atoms with Crippen LogP contribution >= 0.6 is 11.8 Å². The summed E-state index contributed by atoms with van der Waals surface area (Å²) in [5.41, 5.74) is 0.705. The molecule has 0 saturated heterocycles. The second kappa shape index (κ2) is 5.21. The largest absolute Gasteiger partial charge is 0.370 e. The molecule has 0 unspecified atom stereocenters. The zero-order valence-electron chi connectivity index (χ0n) is 10.4. The molecule has 2 aromatic heterocycles. The van der Waals surface area contributed by atoms with E-state index in [1.807, 2.05) is 13.8 Å². The molecule has 0 fully saturated rings. The fourth-order valence-electron chi connectivity index (χ4n) is 1.39. The highest BCUT2D eigenvalue weighted by Crippen LogP contribution is 2.28. The zero-order valence-corrected chi connectivity index (χ0v) is 11.2. The predicted octanol–water partition coefficient (Wildman–Crippen LogP) is 0.790. The molecule has 0 saturated carbocycles. The van der Waals surface area contributed by atoms with Crippen LogP contribution in [0.5, 0.6) is 0 Å². The molecule has 0 radical (unpaired) electrons. The Balaban J connectivity index is 2.32. The molecule has 0 aliphatic heterocycles. The Morgan fingerprint density at radius 2 is 2.28 bits per heavy atom. The fourth-order valence-corrected chi connectivity index (χ4v) is 2.23. The van der Waals surface area contributed by atoms with Crippen molar-refractivity contribution in [3.05, 3.63) is 22.4 Å². The van der Waals surface area contributed by atoms with Crippen LogP contribution in [0.3, 0.4) is 0 Å². The maximum absolute atomic E-state index is 11.3. The highest BCUT2D eigenvalue weighted by atomic mass is 32.2. The molecule has 0 aliphatic rings. The molecule has 0 bridgehead atoms. The molecular formula is C10H14N6OS. The average Bonchev–Trinajstić information content (AvgIpc) is 2.66. The van der Waals surface area contributed by atoms with Gasteiger partial charge in [0, 0.05) is 19.2 Å². The summed E-state index contributed by atoms with van der Waals surface area (Å²) < 4.78 is 1.44. The van der Waals surface area contributed by atoms with Crippen LogP contribution in [0, 0.1) is 6.92 Å². The van der Waals surface area contributed by atoms with Crippen molar-refractivity contribution in [2.75, 3.05) is 11.9 Å². The number of aromatic amines is 1. The first kappa shape index (κ1) is 12.6. The van der Waals surface area contributed by atoms with Gasteiger partial charge in [0.05, 0.1) is 0 Å². The quantitative estimate of drug-likeness (QED) is 0.795. The van der Waals surface area contributed by atoms with E-state index in [2.05, 4.69) is 25.5 Å². The molecule has 0 amide bonds. The van der Waals surface area contributed by atoms with E-state index >= 15 is 0 Å². The van der Waals surface area contributed by atoms with Crippen LogP contribution in [0.15, 0.2) is 21.3 Å². The van der Waals surface area contributed by atoms with Gasteiger partial charge in [-0.25, -0.2) is 19.9 Å². The maximum Gasteiger partial charge on any atom is 0.343 e. The Morgan fingerprint density at radius 1 is 1.50 bits per heavy atom. The standard InChI is InChI=1S/C10H14N6OS/c1-4-11-7-6(2)8(13-5-12-7)18-10-15-14-9(17)16(10)3/h5H,4H2,1-3H3,(H,14,17)(H,11,12,13). The van der Waals surface area contributed by atoms with E-state index in [9.17, 15) is 4.79 Å². The van der Waals surface area contributed by atoms with Crippen molar-refractivity contribution in [1.29, 1.82) is 0 Å². The number of nitrogens with zero attached hydrogens (tertiary/aromatic N) is 4. The summed E-state index contributed by atoms with van der Waals surface area (Å²) in [6.45, 7) is 4.74. The number of aromatic nitrogens is 5. The van der Waals surface area contributed by atoms with Crippen LogP contribution in [0.2, 0.25) is 0 Å². The summed E-state index contributed by atoms with van der Waals surface area (Å²) in [6, 6.07) is 0. The lowest BCUT2D eigenvalue weighted by atomic mass is 10.3. The van der Waals surface area contributed by atoms with Gasteiger partial charge in [0.1, 0.15) is 17.2 Å². The summed E-state index contributed by atoms with van der Waals surface area (Å²) >= 11 is 1.33. The van der Waals surface area contributed by atoms with Crippen LogP contribution < -0.4 is 11.0 Å². The molecule has 0 aliphatic carbocycles. The lowest BCUT2D eigenvalue weighted by Crippen LogP contribution is -2.13. The van der Waals surface area contributed by atoms with Gasteiger partial charge in [0.15, 0.2) is 5.16 Å². The maximum atomic E-state index is 11.3. The van der Waals surface area contributed by atoms with Crippen molar-refractivity contribution in [2.45, 2.75) is 24.0 Å². The van der Waals surface area contributed by atoms with Gasteiger partial charge < -0.3 is 5.32 Å². The molecule has 96 valence electrons. The molecule has 0 spiro atoms. The van der Waals surface area contributed by atoms with Gasteiger partial charge in [0.25, 0.3) is 0 Å². The van der Waals surface area contributed by atoms with Crippen molar-refractivity contribution in [1.82, 2.24) is 24.7 Å². The summed E-state index contributed by atoms with van der Waals surface area (Å²) in [5, 5.41) is 10.8. The highest BCUT2D eigenvalue weighted by molar-refractivity contribution is 7.99. The molecule has 8 heteroatoms. The van der Waals surface area contributed by atoms with E-state index in [1.165, 1.54) is 22.7 Å². The smallest absolute Gasteiger partial charge is 0.343 e. The number of H-pyrrole nitrogens is 1. The van der Waals surface area contributed by atoms with E-state index in [-0.39, 0.29) is 5.69 Å². The van der Waals surface area contributed by atoms with Crippen molar-refractivity contribution in [2.24, 2.45) is 7.05 Å². The summed E-state index contributed by atoms with van der Waals surface area (Å²) in [7, 11) is 1.66. The molecule has 0 aromatic carbocycles. The van der Waals surface area contributed by atoms with Crippen molar-refractivity contribution >= 4 is 17.6 Å². The predicted molar refractivity (Wildman–Crippen MR) is 68.9 cm³/mol. The first-order valence-corrected chi connectivity index (χ1v) is 6.29. The van der Waals surface area contributed by atoms with Gasteiger partial charge >= 0.3 is 5.69 Å². The van der Waals surface area contributed by atoms with Crippen molar-refractivity contribution in [3.63, 3.8) is 0 Å². The zero-order chi connectivity index (χ0) is 13.1. The first-order chi connectivity index (χ1) is 8.63. The Kier molecular flexibility index (Phi) is 3.66. The van der Waals surface area contributed by atoms with Crippen LogP contribution in [0.4, 0.5) is 5.82 Å². The molecule has 2 heterocycles. The SMILES string of the molecule is CCNc1ncnc(Sc2n[nH]c(=O)n2C)c1C. The van der Waals surface area contributed by atoms with E-state index < -0.39 is 0 Å². The van der Waals surface area contributed by atoms with Crippen LogP contribution in [0.25, 0.3) is 0 Å². The second-order valence-electron chi connectivity index (χ2n) is 3.66. The Bertz CT molecular complexity index is 605. The lowest BCUT2D eigenvalue weighted by molar-refractivity contribution is 0.764. The van der Waals surface area contributed by atoms with E-state index in [4.69, 9.17) is 0 Å². The third-order valence-electron chi connectivity index (χ3n) is 2.41. The Morgan fingerprint density at radius 3 is 2.89 bits per heavy atom. The van der Waals surface area contributed by atoms with Crippen LogP contribution in [-0.4, -0.2) is 31.3 Å². The monoisotopic (exact) mass is 266 g/mol. The number of nitrogens with one attached hydrogen (secondary N) is 2. The minimum Gasteiger partial charge on any atom is -0.370 e. The van der Waals surface area contributed by atoms with Gasteiger partial charge in [-0.3, -0.25) is 4.57 Å². The highest BCUT2D eigenvalue weighted by Gasteiger charge is 2.12. The number of anilines is 1. The van der Waals surface area contributed by atoms with Gasteiger partial charge in [-0.15, -0.1) is 5.10 Å². The fraction of sp³-hybridized carbons (Fsp3) is 0.400. The summed E-state index contributed by atoms with van der Waals surface area (Å²) in [4.78, 5) is 19.6. The normalized spacial score (nSPS) is 10.6. The molecule has 2 aromatic rings.